The zero-order chi connectivity index (χ0) is 8.59. The molecule has 0 saturated heterocycles. The van der Waals surface area contributed by atoms with Crippen LogP contribution in [0.25, 0.3) is 0 Å². The molecule has 0 spiro atoms. The predicted octanol–water partition coefficient (Wildman–Crippen LogP) is -2.87. The van der Waals surface area contributed by atoms with Gasteiger partial charge in [0, 0.05) is 12.1 Å². The molecule has 66 valence electrons. The van der Waals surface area contributed by atoms with Gasteiger partial charge in [-0.05, 0) is 6.42 Å². The molecule has 1 saturated carbocycles. The van der Waals surface area contributed by atoms with Crippen LogP contribution in [0.1, 0.15) is 6.42 Å². The van der Waals surface area contributed by atoms with Crippen molar-refractivity contribution in [2.75, 3.05) is 0 Å². The van der Waals surface area contributed by atoms with E-state index in [-0.39, 0.29) is 0 Å². The molecule has 0 heterocycles. The van der Waals surface area contributed by atoms with Crippen molar-refractivity contribution in [1.82, 2.24) is 0 Å². The number of aliphatic hydroxyl groups is 3. The molecule has 0 amide bonds. The standard InChI is InChI=1S/C6H14N2O3/c7-2-1-3(8)5(10)6(11)4(2)9/h2-6,9-11H,1,7-8H2/t2-,3?,4?,5-,6-/m1/s1. The largest absolute Gasteiger partial charge is 0.389 e. The molecule has 5 atom stereocenters. The van der Waals surface area contributed by atoms with Crippen LogP contribution in [0.3, 0.4) is 0 Å². The Kier molecular flexibility index (Phi) is 2.46. The van der Waals surface area contributed by atoms with Crippen LogP contribution in [0.2, 0.25) is 0 Å². The fraction of sp³-hybridized carbons (Fsp3) is 1.00. The van der Waals surface area contributed by atoms with Gasteiger partial charge in [-0.15, -0.1) is 0 Å². The molecule has 0 aromatic rings. The van der Waals surface area contributed by atoms with Crippen molar-refractivity contribution in [2.45, 2.75) is 36.8 Å². The Hall–Kier alpha value is -0.200. The number of nitrogens with two attached hydrogens (primary N) is 2. The molecule has 0 aliphatic heterocycles. The summed E-state index contributed by atoms with van der Waals surface area (Å²) in [6, 6.07) is -1.08. The Morgan fingerprint density at radius 2 is 1.18 bits per heavy atom. The maximum Gasteiger partial charge on any atom is 0.109 e. The Morgan fingerprint density at radius 3 is 1.55 bits per heavy atom. The molecule has 1 fully saturated rings. The second-order valence-corrected chi connectivity index (χ2v) is 3.04. The first-order valence-electron chi connectivity index (χ1n) is 3.59. The highest BCUT2D eigenvalue weighted by Crippen LogP contribution is 2.17. The molecule has 1 aliphatic rings. The van der Waals surface area contributed by atoms with Gasteiger partial charge in [0.05, 0.1) is 12.2 Å². The number of hydrogen-bond acceptors (Lipinski definition) is 5. The van der Waals surface area contributed by atoms with E-state index in [0.717, 1.165) is 0 Å². The van der Waals surface area contributed by atoms with E-state index in [2.05, 4.69) is 0 Å². The molecule has 5 nitrogen and oxygen atoms in total. The Morgan fingerprint density at radius 1 is 0.818 bits per heavy atom. The van der Waals surface area contributed by atoms with Crippen molar-refractivity contribution in [3.05, 3.63) is 0 Å². The maximum atomic E-state index is 9.14. The summed E-state index contributed by atoms with van der Waals surface area (Å²) in [5.41, 5.74) is 10.8. The molecule has 0 aromatic heterocycles. The van der Waals surface area contributed by atoms with Crippen molar-refractivity contribution >= 4 is 0 Å². The molecule has 1 aliphatic carbocycles. The van der Waals surface area contributed by atoms with Crippen molar-refractivity contribution in [3.63, 3.8) is 0 Å². The van der Waals surface area contributed by atoms with Crippen molar-refractivity contribution in [2.24, 2.45) is 11.5 Å². The summed E-state index contributed by atoms with van der Waals surface area (Å²) in [5.74, 6) is 0. The summed E-state index contributed by atoms with van der Waals surface area (Å²) < 4.78 is 0. The van der Waals surface area contributed by atoms with Crippen molar-refractivity contribution < 1.29 is 15.3 Å². The van der Waals surface area contributed by atoms with E-state index < -0.39 is 30.4 Å². The molecular weight excluding hydrogens is 148 g/mol. The van der Waals surface area contributed by atoms with E-state index in [4.69, 9.17) is 26.8 Å². The normalized spacial score (nSPS) is 52.6. The molecule has 5 heteroatoms. The maximum absolute atomic E-state index is 9.14. The topological polar surface area (TPSA) is 113 Å². The quantitative estimate of drug-likeness (QED) is 0.263. The van der Waals surface area contributed by atoms with Crippen LogP contribution in [-0.4, -0.2) is 45.7 Å². The SMILES string of the molecule is NC1C[C@@H](N)C(O)[C@@H](O)[C@@H]1O. The molecular formula is C6H14N2O3. The summed E-state index contributed by atoms with van der Waals surface area (Å²) in [6.45, 7) is 0. The zero-order valence-corrected chi connectivity index (χ0v) is 6.09. The van der Waals surface area contributed by atoms with Gasteiger partial charge >= 0.3 is 0 Å². The van der Waals surface area contributed by atoms with Crippen LogP contribution >= 0.6 is 0 Å². The van der Waals surface area contributed by atoms with E-state index in [1.165, 1.54) is 0 Å². The second kappa shape index (κ2) is 3.04. The lowest BCUT2D eigenvalue weighted by atomic mass is 9.85. The Bertz CT molecular complexity index is 130. The molecule has 0 radical (unpaired) electrons. The molecule has 2 unspecified atom stereocenters. The number of rotatable bonds is 0. The minimum absolute atomic E-state index is 0.333. The van der Waals surface area contributed by atoms with Crippen LogP contribution in [0.5, 0.6) is 0 Å². The van der Waals surface area contributed by atoms with Gasteiger partial charge in [0.15, 0.2) is 0 Å². The first-order valence-corrected chi connectivity index (χ1v) is 3.59. The summed E-state index contributed by atoms with van der Waals surface area (Å²) in [4.78, 5) is 0. The minimum atomic E-state index is -1.21. The van der Waals surface area contributed by atoms with Crippen LogP contribution in [-0.2, 0) is 0 Å². The van der Waals surface area contributed by atoms with Gasteiger partial charge in [0.2, 0.25) is 0 Å². The smallest absolute Gasteiger partial charge is 0.109 e. The summed E-state index contributed by atoms with van der Waals surface area (Å²) in [6.07, 6.45) is -3.01. The third-order valence-electron chi connectivity index (χ3n) is 2.12. The number of hydrogen-bond donors (Lipinski definition) is 5. The predicted molar refractivity (Wildman–Crippen MR) is 38.6 cm³/mol. The summed E-state index contributed by atoms with van der Waals surface area (Å²) >= 11 is 0. The second-order valence-electron chi connectivity index (χ2n) is 3.04. The van der Waals surface area contributed by atoms with Crippen LogP contribution in [0.4, 0.5) is 0 Å². The molecule has 0 aromatic carbocycles. The third kappa shape index (κ3) is 1.52. The molecule has 7 N–H and O–H groups in total. The van der Waals surface area contributed by atoms with Gasteiger partial charge in [0.1, 0.15) is 6.10 Å². The average Bonchev–Trinajstić information content (AvgIpc) is 1.97. The Balaban J connectivity index is 2.63. The number of aliphatic hydroxyl groups excluding tert-OH is 3. The van der Waals surface area contributed by atoms with Crippen molar-refractivity contribution in [3.8, 4) is 0 Å². The lowest BCUT2D eigenvalue weighted by Gasteiger charge is -2.37. The van der Waals surface area contributed by atoms with Gasteiger partial charge in [0.25, 0.3) is 0 Å². The molecule has 0 bridgehead atoms. The lowest BCUT2D eigenvalue weighted by molar-refractivity contribution is -0.100. The van der Waals surface area contributed by atoms with Crippen LogP contribution < -0.4 is 11.5 Å². The highest BCUT2D eigenvalue weighted by Gasteiger charge is 2.39. The van der Waals surface area contributed by atoms with Gasteiger partial charge in [-0.3, -0.25) is 0 Å². The average molecular weight is 162 g/mol. The fourth-order valence-corrected chi connectivity index (χ4v) is 1.30. The molecule has 1 rings (SSSR count). The van der Waals surface area contributed by atoms with Gasteiger partial charge in [-0.25, -0.2) is 0 Å². The minimum Gasteiger partial charge on any atom is -0.389 e. The monoisotopic (exact) mass is 162 g/mol. The van der Waals surface area contributed by atoms with Gasteiger partial charge in [-0.2, -0.15) is 0 Å². The Labute approximate surface area is 64.6 Å². The van der Waals surface area contributed by atoms with E-state index >= 15 is 0 Å². The van der Waals surface area contributed by atoms with Crippen molar-refractivity contribution in [1.29, 1.82) is 0 Å². The third-order valence-corrected chi connectivity index (χ3v) is 2.12. The van der Waals surface area contributed by atoms with Crippen LogP contribution in [0, 0.1) is 0 Å². The van der Waals surface area contributed by atoms with E-state index in [1.54, 1.807) is 0 Å². The van der Waals surface area contributed by atoms with Gasteiger partial charge < -0.3 is 26.8 Å². The highest BCUT2D eigenvalue weighted by atomic mass is 16.4. The summed E-state index contributed by atoms with van der Waals surface area (Å²) in [7, 11) is 0. The van der Waals surface area contributed by atoms with E-state index in [9.17, 15) is 0 Å². The van der Waals surface area contributed by atoms with E-state index in [1.807, 2.05) is 0 Å². The fourth-order valence-electron chi connectivity index (χ4n) is 1.30. The first-order chi connectivity index (χ1) is 5.04. The lowest BCUT2D eigenvalue weighted by Crippen LogP contribution is -2.61. The van der Waals surface area contributed by atoms with E-state index in [0.29, 0.717) is 6.42 Å². The van der Waals surface area contributed by atoms with Gasteiger partial charge in [-0.1, -0.05) is 0 Å². The molecule has 11 heavy (non-hydrogen) atoms. The van der Waals surface area contributed by atoms with Crippen LogP contribution in [0.15, 0.2) is 0 Å². The zero-order valence-electron chi connectivity index (χ0n) is 6.09. The first kappa shape index (κ1) is 8.89. The highest BCUT2D eigenvalue weighted by molar-refractivity contribution is 4.96. The summed E-state index contributed by atoms with van der Waals surface area (Å²) in [5, 5.41) is 27.4.